The van der Waals surface area contributed by atoms with E-state index in [9.17, 15) is 14.7 Å². The number of hydrogen-bond acceptors (Lipinski definition) is 6. The highest BCUT2D eigenvalue weighted by Gasteiger charge is 2.44. The molecular formula is C27H40O7. The van der Waals surface area contributed by atoms with Crippen molar-refractivity contribution in [1.82, 2.24) is 0 Å². The molecule has 0 aromatic heterocycles. The molecule has 3 aliphatic rings. The summed E-state index contributed by atoms with van der Waals surface area (Å²) in [7, 11) is 0. The molecule has 3 fully saturated rings. The van der Waals surface area contributed by atoms with Crippen LogP contribution in [0.4, 0.5) is 0 Å². The molecule has 3 rings (SSSR count). The number of ketones is 1. The minimum absolute atomic E-state index is 0.0622. The Morgan fingerprint density at radius 2 is 1.85 bits per heavy atom. The summed E-state index contributed by atoms with van der Waals surface area (Å²) < 4.78 is 24.1. The monoisotopic (exact) mass is 476 g/mol. The summed E-state index contributed by atoms with van der Waals surface area (Å²) in [6.07, 6.45) is 10.00. The van der Waals surface area contributed by atoms with Crippen LogP contribution in [0.1, 0.15) is 78.1 Å². The number of Topliss-reactive ketones (excluding diaryl/α,β-unsaturated/α-hetero) is 1. The largest absolute Gasteiger partial charge is 0.481 e. The van der Waals surface area contributed by atoms with E-state index in [0.717, 1.165) is 44.9 Å². The van der Waals surface area contributed by atoms with Crippen LogP contribution in [0.3, 0.4) is 0 Å². The van der Waals surface area contributed by atoms with Crippen molar-refractivity contribution in [2.24, 2.45) is 17.8 Å². The molecule has 7 heteroatoms. The van der Waals surface area contributed by atoms with Gasteiger partial charge in [0.15, 0.2) is 12.6 Å². The van der Waals surface area contributed by atoms with Gasteiger partial charge in [-0.15, -0.1) is 11.8 Å². The SMILES string of the molecule is CCC#CC[C@H](C)[C@@H](/C=C/[C@H]1[C@H](OC2CCCCO2)CC(=O)[C@@H]1CC(=O)O)OC1CCCCO1. The van der Waals surface area contributed by atoms with Gasteiger partial charge < -0.3 is 24.1 Å². The van der Waals surface area contributed by atoms with Gasteiger partial charge >= 0.3 is 5.97 Å². The van der Waals surface area contributed by atoms with Gasteiger partial charge in [0.05, 0.1) is 18.6 Å². The molecule has 0 amide bonds. The second-order valence-corrected chi connectivity index (χ2v) is 9.59. The topological polar surface area (TPSA) is 91.3 Å². The van der Waals surface area contributed by atoms with Crippen LogP contribution in [-0.4, -0.2) is 54.9 Å². The van der Waals surface area contributed by atoms with E-state index < -0.39 is 18.0 Å². The van der Waals surface area contributed by atoms with Crippen molar-refractivity contribution < 1.29 is 33.6 Å². The first kappa shape index (κ1) is 26.9. The predicted molar refractivity (Wildman–Crippen MR) is 127 cm³/mol. The molecule has 2 unspecified atom stereocenters. The maximum absolute atomic E-state index is 12.8. The fourth-order valence-electron chi connectivity index (χ4n) is 4.88. The average Bonchev–Trinajstić information content (AvgIpc) is 3.11. The molecule has 7 nitrogen and oxygen atoms in total. The van der Waals surface area contributed by atoms with E-state index in [-0.39, 0.29) is 49.1 Å². The number of carbonyl (C=O) groups excluding carboxylic acids is 1. The van der Waals surface area contributed by atoms with Gasteiger partial charge in [-0.3, -0.25) is 9.59 Å². The number of rotatable bonds is 10. The van der Waals surface area contributed by atoms with Crippen LogP contribution in [0.25, 0.3) is 0 Å². The van der Waals surface area contributed by atoms with E-state index >= 15 is 0 Å². The van der Waals surface area contributed by atoms with Crippen molar-refractivity contribution in [1.29, 1.82) is 0 Å². The van der Waals surface area contributed by atoms with E-state index in [2.05, 4.69) is 18.8 Å². The molecule has 2 aliphatic heterocycles. The van der Waals surface area contributed by atoms with Crippen molar-refractivity contribution >= 4 is 11.8 Å². The zero-order chi connectivity index (χ0) is 24.3. The summed E-state index contributed by atoms with van der Waals surface area (Å²) in [5.41, 5.74) is 0. The van der Waals surface area contributed by atoms with Gasteiger partial charge in [-0.2, -0.15) is 0 Å². The lowest BCUT2D eigenvalue weighted by molar-refractivity contribution is -0.193. The summed E-state index contributed by atoms with van der Waals surface area (Å²) in [6, 6.07) is 0. The second kappa shape index (κ2) is 14.0. The molecule has 34 heavy (non-hydrogen) atoms. The molecule has 1 N–H and O–H groups in total. The standard InChI is InChI=1S/C27H40O7/c1-3-4-5-10-19(2)23(33-26-11-6-8-15-31-26)14-13-20-21(17-25(29)30)22(28)18-24(20)34-27-12-7-9-16-32-27/h13-14,19-21,23-24,26-27H,3,6-12,15-18H2,1-2H3,(H,29,30)/b14-13+/t19-,20+,21+,23+,24+,26?,27?/m0/s1. The maximum atomic E-state index is 12.8. The third-order valence-electron chi connectivity index (χ3n) is 6.83. The van der Waals surface area contributed by atoms with Crippen LogP contribution >= 0.6 is 0 Å². The number of ether oxygens (including phenoxy) is 4. The highest BCUT2D eigenvalue weighted by atomic mass is 16.7. The molecular weight excluding hydrogens is 436 g/mol. The van der Waals surface area contributed by atoms with Crippen molar-refractivity contribution in [3.8, 4) is 11.8 Å². The van der Waals surface area contributed by atoms with Crippen LogP contribution in [0.5, 0.6) is 0 Å². The summed E-state index contributed by atoms with van der Waals surface area (Å²) >= 11 is 0. The molecule has 1 saturated carbocycles. The summed E-state index contributed by atoms with van der Waals surface area (Å²) in [5.74, 6) is 4.47. The zero-order valence-corrected chi connectivity index (χ0v) is 20.6. The number of hydrogen-bond donors (Lipinski definition) is 1. The highest BCUT2D eigenvalue weighted by molar-refractivity contribution is 5.88. The van der Waals surface area contributed by atoms with Crippen molar-refractivity contribution in [3.05, 3.63) is 12.2 Å². The molecule has 1 aliphatic carbocycles. The Bertz CT molecular complexity index is 740. The lowest BCUT2D eigenvalue weighted by Crippen LogP contribution is -2.32. The van der Waals surface area contributed by atoms with E-state index in [1.54, 1.807) is 0 Å². The molecule has 190 valence electrons. The van der Waals surface area contributed by atoms with Gasteiger partial charge in [0, 0.05) is 44.3 Å². The predicted octanol–water partition coefficient (Wildman–Crippen LogP) is 4.49. The fourth-order valence-corrected chi connectivity index (χ4v) is 4.88. The third kappa shape index (κ3) is 8.20. The summed E-state index contributed by atoms with van der Waals surface area (Å²) in [5, 5.41) is 9.42. The van der Waals surface area contributed by atoms with Gasteiger partial charge in [0.2, 0.25) is 0 Å². The van der Waals surface area contributed by atoms with E-state index in [1.807, 2.05) is 19.1 Å². The lowest BCUT2D eigenvalue weighted by atomic mass is 9.89. The normalized spacial score (nSPS) is 31.7. The summed E-state index contributed by atoms with van der Waals surface area (Å²) in [6.45, 7) is 5.47. The van der Waals surface area contributed by atoms with Crippen LogP contribution in [-0.2, 0) is 28.5 Å². The van der Waals surface area contributed by atoms with Gasteiger partial charge in [-0.1, -0.05) is 26.0 Å². The van der Waals surface area contributed by atoms with Gasteiger partial charge in [0.25, 0.3) is 0 Å². The minimum Gasteiger partial charge on any atom is -0.481 e. The number of aliphatic carboxylic acids is 1. The first-order valence-corrected chi connectivity index (χ1v) is 12.9. The smallest absolute Gasteiger partial charge is 0.304 e. The number of carboxylic acids is 1. The number of carboxylic acid groups (broad SMARTS) is 1. The van der Waals surface area contributed by atoms with E-state index in [1.165, 1.54) is 0 Å². The molecule has 0 aromatic rings. The Morgan fingerprint density at radius 3 is 2.47 bits per heavy atom. The molecule has 2 saturated heterocycles. The molecule has 0 spiro atoms. The van der Waals surface area contributed by atoms with Gasteiger partial charge in [-0.05, 0) is 44.4 Å². The molecule has 0 aromatic carbocycles. The molecule has 0 radical (unpaired) electrons. The minimum atomic E-state index is -0.974. The fraction of sp³-hybridized carbons (Fsp3) is 0.778. The summed E-state index contributed by atoms with van der Waals surface area (Å²) in [4.78, 5) is 24.3. The molecule has 2 heterocycles. The molecule has 7 atom stereocenters. The first-order chi connectivity index (χ1) is 16.5. The highest BCUT2D eigenvalue weighted by Crippen LogP contribution is 2.37. The second-order valence-electron chi connectivity index (χ2n) is 9.59. The Hall–Kier alpha value is -1.72. The van der Waals surface area contributed by atoms with Crippen LogP contribution in [0.2, 0.25) is 0 Å². The van der Waals surface area contributed by atoms with Crippen molar-refractivity contribution in [2.45, 2.75) is 103 Å². The van der Waals surface area contributed by atoms with E-state index in [4.69, 9.17) is 18.9 Å². The van der Waals surface area contributed by atoms with Crippen LogP contribution in [0, 0.1) is 29.6 Å². The van der Waals surface area contributed by atoms with Crippen LogP contribution < -0.4 is 0 Å². The van der Waals surface area contributed by atoms with E-state index in [0.29, 0.717) is 19.6 Å². The maximum Gasteiger partial charge on any atom is 0.304 e. The Morgan fingerprint density at radius 1 is 1.15 bits per heavy atom. The number of carbonyl (C=O) groups is 2. The van der Waals surface area contributed by atoms with Gasteiger partial charge in [-0.25, -0.2) is 0 Å². The zero-order valence-electron chi connectivity index (χ0n) is 20.6. The Kier molecular flexibility index (Phi) is 11.1. The molecule has 0 bridgehead atoms. The average molecular weight is 477 g/mol. The first-order valence-electron chi connectivity index (χ1n) is 12.9. The van der Waals surface area contributed by atoms with Crippen LogP contribution in [0.15, 0.2) is 12.2 Å². The van der Waals surface area contributed by atoms with Crippen molar-refractivity contribution in [2.75, 3.05) is 13.2 Å². The quantitative estimate of drug-likeness (QED) is 0.367. The lowest BCUT2D eigenvalue weighted by Gasteiger charge is -2.30. The third-order valence-corrected chi connectivity index (χ3v) is 6.83. The van der Waals surface area contributed by atoms with Gasteiger partial charge in [0.1, 0.15) is 5.78 Å². The Labute approximate surface area is 203 Å². The Balaban J connectivity index is 1.76. The van der Waals surface area contributed by atoms with Crippen molar-refractivity contribution in [3.63, 3.8) is 0 Å².